The quantitative estimate of drug-likeness (QED) is 0.850. The van der Waals surface area contributed by atoms with Crippen LogP contribution in [0.3, 0.4) is 0 Å². The number of aromatic carboxylic acids is 1. The minimum atomic E-state index is -1.12. The summed E-state index contributed by atoms with van der Waals surface area (Å²) < 4.78 is 5.21. The highest BCUT2D eigenvalue weighted by Crippen LogP contribution is 2.22. The molecule has 1 aromatic rings. The molecule has 2 rings (SSSR count). The van der Waals surface area contributed by atoms with E-state index < -0.39 is 11.6 Å². The molecule has 1 aliphatic heterocycles. The Kier molecular flexibility index (Phi) is 3.17. The first-order valence-corrected chi connectivity index (χ1v) is 5.89. The van der Waals surface area contributed by atoms with E-state index >= 15 is 0 Å². The summed E-state index contributed by atoms with van der Waals surface area (Å²) in [6.45, 7) is 6.24. The molecule has 0 spiro atoms. The van der Waals surface area contributed by atoms with Crippen molar-refractivity contribution in [2.45, 2.75) is 32.4 Å². The molecule has 0 atom stereocenters. The lowest BCUT2D eigenvalue weighted by Crippen LogP contribution is -2.52. The Hall–Kier alpha value is -2.12. The van der Waals surface area contributed by atoms with Gasteiger partial charge in [-0.3, -0.25) is 0 Å². The molecule has 104 valence electrons. The second-order valence-corrected chi connectivity index (χ2v) is 5.39. The summed E-state index contributed by atoms with van der Waals surface area (Å²) in [7, 11) is 0. The van der Waals surface area contributed by atoms with Crippen LogP contribution in [-0.4, -0.2) is 55.8 Å². The van der Waals surface area contributed by atoms with Gasteiger partial charge in [-0.1, -0.05) is 0 Å². The number of nitrogens with zero attached hydrogens (tertiary/aromatic N) is 4. The Morgan fingerprint density at radius 1 is 1.42 bits per heavy atom. The molecule has 1 amide bonds. The van der Waals surface area contributed by atoms with Gasteiger partial charge in [-0.05, 0) is 20.8 Å². The maximum Gasteiger partial charge on any atom is 0.410 e. The lowest BCUT2D eigenvalue weighted by Gasteiger charge is -2.38. The average molecular weight is 268 g/mol. The fraction of sp³-hybridized carbons (Fsp3) is 0.636. The number of rotatable bonds is 2. The van der Waals surface area contributed by atoms with E-state index in [1.165, 1.54) is 15.9 Å². The summed E-state index contributed by atoms with van der Waals surface area (Å²) in [6, 6.07) is -0.0966. The third-order valence-corrected chi connectivity index (χ3v) is 2.57. The highest BCUT2D eigenvalue weighted by molar-refractivity contribution is 5.84. The number of aromatic nitrogens is 3. The summed E-state index contributed by atoms with van der Waals surface area (Å²) in [6.07, 6.45) is 0.813. The summed E-state index contributed by atoms with van der Waals surface area (Å²) in [5.74, 6) is -1.12. The molecule has 1 aromatic heterocycles. The second kappa shape index (κ2) is 4.52. The Morgan fingerprint density at radius 3 is 2.53 bits per heavy atom. The van der Waals surface area contributed by atoms with Crippen molar-refractivity contribution in [2.24, 2.45) is 0 Å². The predicted molar refractivity (Wildman–Crippen MR) is 63.8 cm³/mol. The smallest absolute Gasteiger partial charge is 0.410 e. The van der Waals surface area contributed by atoms with Crippen LogP contribution in [0.5, 0.6) is 0 Å². The van der Waals surface area contributed by atoms with E-state index in [1.54, 1.807) is 20.8 Å². The maximum absolute atomic E-state index is 11.7. The third kappa shape index (κ3) is 3.01. The monoisotopic (exact) mass is 268 g/mol. The Labute approximate surface area is 109 Å². The zero-order chi connectivity index (χ0) is 14.2. The van der Waals surface area contributed by atoms with Crippen molar-refractivity contribution in [3.8, 4) is 0 Å². The van der Waals surface area contributed by atoms with Crippen LogP contribution in [0.2, 0.25) is 0 Å². The van der Waals surface area contributed by atoms with Crippen LogP contribution in [0, 0.1) is 0 Å². The molecule has 8 nitrogen and oxygen atoms in total. The maximum atomic E-state index is 11.7. The van der Waals surface area contributed by atoms with Crippen molar-refractivity contribution in [1.29, 1.82) is 0 Å². The van der Waals surface area contributed by atoms with E-state index in [0.29, 0.717) is 13.1 Å². The number of carboxylic acid groups (broad SMARTS) is 1. The third-order valence-electron chi connectivity index (χ3n) is 2.57. The van der Waals surface area contributed by atoms with Gasteiger partial charge in [0.15, 0.2) is 5.69 Å². The lowest BCUT2D eigenvalue weighted by atomic mass is 10.1. The van der Waals surface area contributed by atoms with Crippen LogP contribution in [0.15, 0.2) is 6.20 Å². The largest absolute Gasteiger partial charge is 0.476 e. The van der Waals surface area contributed by atoms with Gasteiger partial charge in [0, 0.05) is 0 Å². The van der Waals surface area contributed by atoms with Gasteiger partial charge in [0.05, 0.1) is 19.3 Å². The van der Waals surface area contributed by atoms with Gasteiger partial charge >= 0.3 is 12.1 Å². The molecule has 19 heavy (non-hydrogen) atoms. The lowest BCUT2D eigenvalue weighted by molar-refractivity contribution is -0.00236. The van der Waals surface area contributed by atoms with Crippen LogP contribution >= 0.6 is 0 Å². The number of hydrogen-bond donors (Lipinski definition) is 1. The predicted octanol–water partition coefficient (Wildman–Crippen LogP) is 0.768. The zero-order valence-electron chi connectivity index (χ0n) is 11.0. The summed E-state index contributed by atoms with van der Waals surface area (Å²) in [4.78, 5) is 25.2. The Morgan fingerprint density at radius 2 is 2.05 bits per heavy atom. The zero-order valence-corrected chi connectivity index (χ0v) is 11.0. The van der Waals surface area contributed by atoms with E-state index in [2.05, 4.69) is 10.2 Å². The van der Waals surface area contributed by atoms with Crippen LogP contribution in [-0.2, 0) is 4.74 Å². The first-order valence-electron chi connectivity index (χ1n) is 5.89. The molecule has 1 saturated heterocycles. The van der Waals surface area contributed by atoms with Crippen molar-refractivity contribution in [1.82, 2.24) is 19.9 Å². The van der Waals surface area contributed by atoms with E-state index in [-0.39, 0.29) is 17.8 Å². The number of hydrogen-bond acceptors (Lipinski definition) is 5. The van der Waals surface area contributed by atoms with Crippen LogP contribution in [0.1, 0.15) is 37.3 Å². The number of likely N-dealkylation sites (tertiary alicyclic amines) is 1. The second-order valence-electron chi connectivity index (χ2n) is 5.39. The standard InChI is InChI=1S/C11H16N4O4/c1-11(2,3)19-10(18)14-5-7(6-14)15-12-4-8(13-15)9(16)17/h4,7H,5-6H2,1-3H3,(H,16,17). The topological polar surface area (TPSA) is 97.6 Å². The summed E-state index contributed by atoms with van der Waals surface area (Å²) >= 11 is 0. The number of carbonyl (C=O) groups excluding carboxylic acids is 1. The highest BCUT2D eigenvalue weighted by atomic mass is 16.6. The Bertz CT molecular complexity index is 499. The van der Waals surface area contributed by atoms with Gasteiger partial charge in [-0.15, -0.1) is 5.10 Å². The van der Waals surface area contributed by atoms with E-state index in [4.69, 9.17) is 9.84 Å². The molecule has 0 bridgehead atoms. The van der Waals surface area contributed by atoms with Crippen molar-refractivity contribution < 1.29 is 19.4 Å². The molecule has 1 fully saturated rings. The molecule has 0 radical (unpaired) electrons. The highest BCUT2D eigenvalue weighted by Gasteiger charge is 2.36. The molecule has 2 heterocycles. The molecule has 1 aliphatic rings. The van der Waals surface area contributed by atoms with Gasteiger partial charge in [-0.2, -0.15) is 9.90 Å². The minimum absolute atomic E-state index is 0.0966. The molecule has 0 unspecified atom stereocenters. The van der Waals surface area contributed by atoms with Crippen molar-refractivity contribution in [2.75, 3.05) is 13.1 Å². The van der Waals surface area contributed by atoms with Gasteiger partial charge < -0.3 is 14.7 Å². The molecule has 8 heteroatoms. The first kappa shape index (κ1) is 13.3. The molecule has 0 saturated carbocycles. The average Bonchev–Trinajstić information content (AvgIpc) is 2.61. The first-order chi connectivity index (χ1) is 8.76. The number of carbonyl (C=O) groups is 2. The minimum Gasteiger partial charge on any atom is -0.476 e. The molecule has 0 aliphatic carbocycles. The van der Waals surface area contributed by atoms with Crippen LogP contribution in [0.25, 0.3) is 0 Å². The summed E-state index contributed by atoms with van der Waals surface area (Å²) in [5.41, 5.74) is -0.626. The number of ether oxygens (including phenoxy) is 1. The van der Waals surface area contributed by atoms with Crippen LogP contribution < -0.4 is 0 Å². The van der Waals surface area contributed by atoms with Gasteiger partial charge in [0.2, 0.25) is 0 Å². The number of amides is 1. The number of carboxylic acids is 1. The fourth-order valence-electron chi connectivity index (χ4n) is 1.63. The Balaban J connectivity index is 1.89. The van der Waals surface area contributed by atoms with E-state index in [1.807, 2.05) is 0 Å². The SMILES string of the molecule is CC(C)(C)OC(=O)N1CC(n2ncc(C(=O)O)n2)C1. The van der Waals surface area contributed by atoms with Crippen molar-refractivity contribution >= 4 is 12.1 Å². The summed E-state index contributed by atoms with van der Waals surface area (Å²) in [5, 5.41) is 16.4. The van der Waals surface area contributed by atoms with Gasteiger partial charge in [0.25, 0.3) is 0 Å². The molecule has 1 N–H and O–H groups in total. The molecular weight excluding hydrogens is 252 g/mol. The normalized spacial score (nSPS) is 16.1. The fourth-order valence-corrected chi connectivity index (χ4v) is 1.63. The van der Waals surface area contributed by atoms with Gasteiger partial charge in [-0.25, -0.2) is 9.59 Å². The van der Waals surface area contributed by atoms with E-state index in [0.717, 1.165) is 0 Å². The van der Waals surface area contributed by atoms with Crippen molar-refractivity contribution in [3.05, 3.63) is 11.9 Å². The van der Waals surface area contributed by atoms with Crippen LogP contribution in [0.4, 0.5) is 4.79 Å². The molecular formula is C11H16N4O4. The van der Waals surface area contributed by atoms with Gasteiger partial charge in [0.1, 0.15) is 11.6 Å². The van der Waals surface area contributed by atoms with E-state index in [9.17, 15) is 9.59 Å². The molecule has 0 aromatic carbocycles. The van der Waals surface area contributed by atoms with Crippen molar-refractivity contribution in [3.63, 3.8) is 0 Å².